The average Bonchev–Trinajstić information content (AvgIpc) is 2.12. The molecule has 78 valence electrons. The Kier molecular flexibility index (Phi) is 8.05. The lowest BCUT2D eigenvalue weighted by Crippen LogP contribution is -2.28. The highest BCUT2D eigenvalue weighted by Crippen LogP contribution is 2.10. The van der Waals surface area contributed by atoms with Crippen LogP contribution in [0.3, 0.4) is 0 Å². The maximum atomic E-state index is 5.11. The lowest BCUT2D eigenvalue weighted by Gasteiger charge is -2.19. The number of allylic oxidation sites excluding steroid dienone is 1. The maximum Gasteiger partial charge on any atom is 0.0488 e. The van der Waals surface area contributed by atoms with E-state index in [1.54, 1.807) is 7.11 Å². The first-order chi connectivity index (χ1) is 6.24. The number of ether oxygens (including phenoxy) is 1. The second kappa shape index (κ2) is 8.27. The van der Waals surface area contributed by atoms with Gasteiger partial charge in [0.25, 0.3) is 0 Å². The molecule has 0 aliphatic heterocycles. The monoisotopic (exact) mass is 185 g/mol. The van der Waals surface area contributed by atoms with Crippen LogP contribution in [0.1, 0.15) is 26.2 Å². The number of hydrogen-bond acceptors (Lipinski definition) is 2. The largest absolute Gasteiger partial charge is 0.384 e. The summed E-state index contributed by atoms with van der Waals surface area (Å²) in [5.41, 5.74) is 0. The lowest BCUT2D eigenvalue weighted by atomic mass is 9.99. The van der Waals surface area contributed by atoms with Crippen molar-refractivity contribution in [3.8, 4) is 0 Å². The molecule has 0 bridgehead atoms. The zero-order chi connectivity index (χ0) is 10.1. The minimum Gasteiger partial charge on any atom is -0.384 e. The van der Waals surface area contributed by atoms with Crippen LogP contribution < -0.4 is 5.32 Å². The fraction of sp³-hybridized carbons (Fsp3) is 0.818. The predicted octanol–water partition coefficient (Wildman–Crippen LogP) is 2.21. The molecule has 0 saturated carbocycles. The van der Waals surface area contributed by atoms with Crippen LogP contribution in [0.2, 0.25) is 0 Å². The van der Waals surface area contributed by atoms with Gasteiger partial charge >= 0.3 is 0 Å². The quantitative estimate of drug-likeness (QED) is 0.585. The SMILES string of the molecule is C=CCCC(CC(C)COC)NC. The highest BCUT2D eigenvalue weighted by molar-refractivity contribution is 4.74. The Hall–Kier alpha value is -0.340. The van der Waals surface area contributed by atoms with Gasteiger partial charge in [0, 0.05) is 19.8 Å². The van der Waals surface area contributed by atoms with Crippen molar-refractivity contribution < 1.29 is 4.74 Å². The Morgan fingerprint density at radius 2 is 2.23 bits per heavy atom. The maximum absolute atomic E-state index is 5.11. The molecule has 0 rings (SSSR count). The highest BCUT2D eigenvalue weighted by Gasteiger charge is 2.10. The molecule has 2 unspecified atom stereocenters. The van der Waals surface area contributed by atoms with Gasteiger partial charge in [0.2, 0.25) is 0 Å². The van der Waals surface area contributed by atoms with E-state index in [-0.39, 0.29) is 0 Å². The van der Waals surface area contributed by atoms with E-state index in [1.165, 1.54) is 12.8 Å². The number of methoxy groups -OCH3 is 1. The van der Waals surface area contributed by atoms with Gasteiger partial charge in [-0.1, -0.05) is 13.0 Å². The molecule has 0 aliphatic carbocycles. The molecular formula is C11H23NO. The molecule has 0 heterocycles. The van der Waals surface area contributed by atoms with Crippen LogP contribution in [0.15, 0.2) is 12.7 Å². The van der Waals surface area contributed by atoms with Gasteiger partial charge in [-0.25, -0.2) is 0 Å². The van der Waals surface area contributed by atoms with Crippen molar-refractivity contribution in [3.05, 3.63) is 12.7 Å². The van der Waals surface area contributed by atoms with Gasteiger partial charge in [-0.3, -0.25) is 0 Å². The van der Waals surface area contributed by atoms with Crippen molar-refractivity contribution in [2.45, 2.75) is 32.2 Å². The van der Waals surface area contributed by atoms with Crippen LogP contribution in [0, 0.1) is 5.92 Å². The first-order valence-corrected chi connectivity index (χ1v) is 5.01. The molecule has 0 saturated heterocycles. The molecule has 0 fully saturated rings. The summed E-state index contributed by atoms with van der Waals surface area (Å²) in [6.45, 7) is 6.81. The third-order valence-electron chi connectivity index (χ3n) is 2.27. The van der Waals surface area contributed by atoms with Crippen LogP contribution in [-0.4, -0.2) is 26.8 Å². The van der Waals surface area contributed by atoms with Gasteiger partial charge < -0.3 is 10.1 Å². The Morgan fingerprint density at radius 3 is 2.69 bits per heavy atom. The van der Waals surface area contributed by atoms with E-state index in [9.17, 15) is 0 Å². The first-order valence-electron chi connectivity index (χ1n) is 5.01. The second-order valence-corrected chi connectivity index (χ2v) is 3.65. The average molecular weight is 185 g/mol. The van der Waals surface area contributed by atoms with Crippen molar-refractivity contribution in [1.29, 1.82) is 0 Å². The molecule has 0 aliphatic rings. The molecule has 1 N–H and O–H groups in total. The summed E-state index contributed by atoms with van der Waals surface area (Å²) in [6.07, 6.45) is 5.42. The van der Waals surface area contributed by atoms with Gasteiger partial charge in [-0.2, -0.15) is 0 Å². The Balaban J connectivity index is 3.61. The minimum absolute atomic E-state index is 0.600. The first kappa shape index (κ1) is 12.7. The second-order valence-electron chi connectivity index (χ2n) is 3.65. The molecule has 0 aromatic rings. The molecular weight excluding hydrogens is 162 g/mol. The van der Waals surface area contributed by atoms with Gasteiger partial charge in [0.05, 0.1) is 0 Å². The lowest BCUT2D eigenvalue weighted by molar-refractivity contribution is 0.149. The van der Waals surface area contributed by atoms with Crippen LogP contribution >= 0.6 is 0 Å². The van der Waals surface area contributed by atoms with E-state index >= 15 is 0 Å². The van der Waals surface area contributed by atoms with E-state index < -0.39 is 0 Å². The third kappa shape index (κ3) is 6.79. The number of nitrogens with one attached hydrogen (secondary N) is 1. The van der Waals surface area contributed by atoms with Gasteiger partial charge in [0.15, 0.2) is 0 Å². The van der Waals surface area contributed by atoms with E-state index in [4.69, 9.17) is 4.74 Å². The van der Waals surface area contributed by atoms with Crippen molar-refractivity contribution in [2.75, 3.05) is 20.8 Å². The summed E-state index contributed by atoms with van der Waals surface area (Å²) < 4.78 is 5.11. The van der Waals surface area contributed by atoms with Crippen LogP contribution in [0.25, 0.3) is 0 Å². The Labute approximate surface area is 82.4 Å². The van der Waals surface area contributed by atoms with E-state index in [1.807, 2.05) is 13.1 Å². The van der Waals surface area contributed by atoms with Crippen LogP contribution in [-0.2, 0) is 4.74 Å². The fourth-order valence-corrected chi connectivity index (χ4v) is 1.54. The Morgan fingerprint density at radius 1 is 1.54 bits per heavy atom. The van der Waals surface area contributed by atoms with E-state index in [2.05, 4.69) is 18.8 Å². The van der Waals surface area contributed by atoms with Crippen molar-refractivity contribution in [2.24, 2.45) is 5.92 Å². The topological polar surface area (TPSA) is 21.3 Å². The molecule has 0 spiro atoms. The summed E-state index contributed by atoms with van der Waals surface area (Å²) in [6, 6.07) is 0.600. The fourth-order valence-electron chi connectivity index (χ4n) is 1.54. The van der Waals surface area contributed by atoms with Crippen molar-refractivity contribution in [3.63, 3.8) is 0 Å². The molecule has 0 radical (unpaired) electrons. The zero-order valence-electron chi connectivity index (χ0n) is 9.18. The smallest absolute Gasteiger partial charge is 0.0488 e. The molecule has 0 amide bonds. The summed E-state index contributed by atoms with van der Waals surface area (Å²) in [5.74, 6) is 0.632. The Bertz CT molecular complexity index is 125. The zero-order valence-corrected chi connectivity index (χ0v) is 9.18. The van der Waals surface area contributed by atoms with E-state index in [0.717, 1.165) is 13.0 Å². The van der Waals surface area contributed by atoms with Gasteiger partial charge in [0.1, 0.15) is 0 Å². The number of hydrogen-bond donors (Lipinski definition) is 1. The highest BCUT2D eigenvalue weighted by atomic mass is 16.5. The summed E-state index contributed by atoms with van der Waals surface area (Å²) >= 11 is 0. The summed E-state index contributed by atoms with van der Waals surface area (Å²) in [5, 5.41) is 3.32. The minimum atomic E-state index is 0.600. The molecule has 0 aromatic carbocycles. The molecule has 2 nitrogen and oxygen atoms in total. The van der Waals surface area contributed by atoms with Crippen LogP contribution in [0.5, 0.6) is 0 Å². The molecule has 0 aromatic heterocycles. The van der Waals surface area contributed by atoms with Gasteiger partial charge in [-0.05, 0) is 32.2 Å². The van der Waals surface area contributed by atoms with E-state index in [0.29, 0.717) is 12.0 Å². The predicted molar refractivity (Wildman–Crippen MR) is 57.9 cm³/mol. The standard InChI is InChI=1S/C11H23NO/c1-5-6-7-11(12-3)8-10(2)9-13-4/h5,10-12H,1,6-9H2,2-4H3. The molecule has 2 atom stereocenters. The number of rotatable bonds is 8. The van der Waals surface area contributed by atoms with Crippen molar-refractivity contribution in [1.82, 2.24) is 5.32 Å². The summed E-state index contributed by atoms with van der Waals surface area (Å²) in [4.78, 5) is 0. The molecule has 2 heteroatoms. The summed E-state index contributed by atoms with van der Waals surface area (Å²) in [7, 11) is 3.78. The third-order valence-corrected chi connectivity index (χ3v) is 2.27. The normalized spacial score (nSPS) is 15.3. The van der Waals surface area contributed by atoms with Crippen molar-refractivity contribution >= 4 is 0 Å². The van der Waals surface area contributed by atoms with Gasteiger partial charge in [-0.15, -0.1) is 6.58 Å². The molecule has 13 heavy (non-hydrogen) atoms. The van der Waals surface area contributed by atoms with Crippen LogP contribution in [0.4, 0.5) is 0 Å².